The molecule has 100 valence electrons. The van der Waals surface area contributed by atoms with Crippen molar-refractivity contribution in [1.29, 1.82) is 0 Å². The summed E-state index contributed by atoms with van der Waals surface area (Å²) in [5, 5.41) is 3.37. The second-order valence-electron chi connectivity index (χ2n) is 5.28. The van der Waals surface area contributed by atoms with Gasteiger partial charge in [-0.1, -0.05) is 0 Å². The predicted molar refractivity (Wildman–Crippen MR) is 65.7 cm³/mol. The first-order valence-corrected chi connectivity index (χ1v) is 5.95. The highest BCUT2D eigenvalue weighted by molar-refractivity contribution is 5.49. The molecule has 0 spiro atoms. The summed E-state index contributed by atoms with van der Waals surface area (Å²) in [5.74, 6) is 0. The number of anilines is 1. The van der Waals surface area contributed by atoms with Gasteiger partial charge in [0.05, 0.1) is 5.56 Å². The van der Waals surface area contributed by atoms with Crippen LogP contribution in [0.4, 0.5) is 18.9 Å². The largest absolute Gasteiger partial charge is 0.416 e. The molecule has 0 aromatic heterocycles. The highest BCUT2D eigenvalue weighted by atomic mass is 19.4. The fourth-order valence-corrected chi connectivity index (χ4v) is 2.22. The van der Waals surface area contributed by atoms with Crippen LogP contribution in [-0.4, -0.2) is 25.2 Å². The minimum atomic E-state index is -4.26. The maximum atomic E-state index is 12.5. The van der Waals surface area contributed by atoms with E-state index in [1.165, 1.54) is 0 Å². The van der Waals surface area contributed by atoms with Crippen LogP contribution in [0.25, 0.3) is 0 Å². The fraction of sp³-hybridized carbons (Fsp3) is 0.538. The first-order valence-electron chi connectivity index (χ1n) is 5.95. The number of hydrogen-bond donors (Lipinski definition) is 1. The Morgan fingerprint density at radius 3 is 2.28 bits per heavy atom. The zero-order valence-corrected chi connectivity index (χ0v) is 10.5. The summed E-state index contributed by atoms with van der Waals surface area (Å²) in [6.07, 6.45) is -4.26. The lowest BCUT2D eigenvalue weighted by molar-refractivity contribution is -0.137. The summed E-state index contributed by atoms with van der Waals surface area (Å²) in [7, 11) is 0. The topological polar surface area (TPSA) is 15.3 Å². The molecule has 0 aliphatic carbocycles. The van der Waals surface area contributed by atoms with Crippen molar-refractivity contribution in [3.05, 3.63) is 29.8 Å². The van der Waals surface area contributed by atoms with Gasteiger partial charge in [-0.15, -0.1) is 0 Å². The molecule has 0 amide bonds. The van der Waals surface area contributed by atoms with Crippen molar-refractivity contribution in [3.8, 4) is 0 Å². The van der Waals surface area contributed by atoms with E-state index in [1.54, 1.807) is 12.1 Å². The van der Waals surface area contributed by atoms with E-state index in [0.717, 1.165) is 37.5 Å². The summed E-state index contributed by atoms with van der Waals surface area (Å²) in [5.41, 5.74) is 0.235. The second kappa shape index (κ2) is 4.46. The minimum Gasteiger partial charge on any atom is -0.368 e. The van der Waals surface area contributed by atoms with Crippen LogP contribution in [0.1, 0.15) is 19.4 Å². The van der Waals surface area contributed by atoms with Gasteiger partial charge in [-0.2, -0.15) is 13.2 Å². The van der Waals surface area contributed by atoms with Crippen LogP contribution in [0.5, 0.6) is 0 Å². The highest BCUT2D eigenvalue weighted by Crippen LogP contribution is 2.31. The van der Waals surface area contributed by atoms with E-state index in [4.69, 9.17) is 0 Å². The lowest BCUT2D eigenvalue weighted by atomic mass is 10.0. The van der Waals surface area contributed by atoms with Gasteiger partial charge in [0.25, 0.3) is 0 Å². The molecule has 0 bridgehead atoms. The number of hydrogen-bond acceptors (Lipinski definition) is 2. The van der Waals surface area contributed by atoms with Crippen LogP contribution < -0.4 is 10.2 Å². The second-order valence-corrected chi connectivity index (χ2v) is 5.28. The van der Waals surface area contributed by atoms with Crippen molar-refractivity contribution >= 4 is 5.69 Å². The van der Waals surface area contributed by atoms with Gasteiger partial charge in [0.2, 0.25) is 0 Å². The molecule has 0 unspecified atom stereocenters. The molecule has 2 nitrogen and oxygen atoms in total. The standard InChI is InChI=1S/C13H17F3N2/c1-12(2)9-18(8-7-17-12)11-5-3-10(4-6-11)13(14,15)16/h3-6,17H,7-9H2,1-2H3. The van der Waals surface area contributed by atoms with Crippen molar-refractivity contribution in [3.63, 3.8) is 0 Å². The number of halogens is 3. The Bertz CT molecular complexity index is 409. The van der Waals surface area contributed by atoms with Gasteiger partial charge < -0.3 is 10.2 Å². The maximum Gasteiger partial charge on any atom is 0.416 e. The lowest BCUT2D eigenvalue weighted by Gasteiger charge is -2.40. The van der Waals surface area contributed by atoms with Gasteiger partial charge in [0.15, 0.2) is 0 Å². The molecule has 1 aliphatic rings. The van der Waals surface area contributed by atoms with Crippen LogP contribution >= 0.6 is 0 Å². The van der Waals surface area contributed by atoms with E-state index in [9.17, 15) is 13.2 Å². The SMILES string of the molecule is CC1(C)CN(c2ccc(C(F)(F)F)cc2)CCN1. The van der Waals surface area contributed by atoms with E-state index >= 15 is 0 Å². The number of alkyl halides is 3. The Hall–Kier alpha value is -1.23. The summed E-state index contributed by atoms with van der Waals surface area (Å²) in [6.45, 7) is 6.62. The lowest BCUT2D eigenvalue weighted by Crippen LogP contribution is -2.57. The Balaban J connectivity index is 2.15. The van der Waals surface area contributed by atoms with Gasteiger partial charge in [-0.3, -0.25) is 0 Å². The van der Waals surface area contributed by atoms with Gasteiger partial charge in [0.1, 0.15) is 0 Å². The molecule has 1 fully saturated rings. The van der Waals surface area contributed by atoms with Crippen LogP contribution in [0.2, 0.25) is 0 Å². The molecule has 1 aromatic rings. The first kappa shape index (κ1) is 13.2. The third kappa shape index (κ3) is 2.96. The van der Waals surface area contributed by atoms with Gasteiger partial charge in [0, 0.05) is 30.9 Å². The normalized spacial score (nSPS) is 19.9. The average Bonchev–Trinajstić information content (AvgIpc) is 2.27. The quantitative estimate of drug-likeness (QED) is 0.833. The summed E-state index contributed by atoms with van der Waals surface area (Å²) in [6, 6.07) is 5.38. The molecule has 1 heterocycles. The predicted octanol–water partition coefficient (Wildman–Crippen LogP) is 2.89. The zero-order valence-electron chi connectivity index (χ0n) is 10.5. The molecule has 2 rings (SSSR count). The van der Waals surface area contributed by atoms with Crippen molar-refractivity contribution in [1.82, 2.24) is 5.32 Å². The van der Waals surface area contributed by atoms with Crippen LogP contribution in [0.3, 0.4) is 0 Å². The Morgan fingerprint density at radius 1 is 1.17 bits per heavy atom. The van der Waals surface area contributed by atoms with Crippen molar-refractivity contribution in [2.45, 2.75) is 25.6 Å². The maximum absolute atomic E-state index is 12.5. The third-order valence-electron chi connectivity index (χ3n) is 3.13. The molecule has 0 atom stereocenters. The Morgan fingerprint density at radius 2 is 1.78 bits per heavy atom. The molecule has 0 radical (unpaired) electrons. The smallest absolute Gasteiger partial charge is 0.368 e. The van der Waals surface area contributed by atoms with Crippen LogP contribution in [0, 0.1) is 0 Å². The van der Waals surface area contributed by atoms with Crippen molar-refractivity contribution in [2.75, 3.05) is 24.5 Å². The summed E-state index contributed by atoms with van der Waals surface area (Å²) in [4.78, 5) is 2.11. The first-order chi connectivity index (χ1) is 8.28. The van der Waals surface area contributed by atoms with Crippen molar-refractivity contribution in [2.24, 2.45) is 0 Å². The summed E-state index contributed by atoms with van der Waals surface area (Å²) >= 11 is 0. The molecule has 0 saturated carbocycles. The van der Waals surface area contributed by atoms with E-state index in [1.807, 2.05) is 0 Å². The van der Waals surface area contributed by atoms with Gasteiger partial charge >= 0.3 is 6.18 Å². The van der Waals surface area contributed by atoms with Gasteiger partial charge in [-0.25, -0.2) is 0 Å². The average molecular weight is 258 g/mol. The Labute approximate surface area is 105 Å². The Kier molecular flexibility index (Phi) is 3.27. The van der Waals surface area contributed by atoms with E-state index in [-0.39, 0.29) is 5.54 Å². The minimum absolute atomic E-state index is 0.0129. The molecule has 1 saturated heterocycles. The highest BCUT2D eigenvalue weighted by Gasteiger charge is 2.31. The van der Waals surface area contributed by atoms with Crippen LogP contribution in [0.15, 0.2) is 24.3 Å². The van der Waals surface area contributed by atoms with E-state index in [2.05, 4.69) is 24.1 Å². The fourth-order valence-electron chi connectivity index (χ4n) is 2.22. The number of rotatable bonds is 1. The molecule has 18 heavy (non-hydrogen) atoms. The van der Waals surface area contributed by atoms with Crippen molar-refractivity contribution < 1.29 is 13.2 Å². The molecular weight excluding hydrogens is 241 g/mol. The molecule has 1 aromatic carbocycles. The molecule has 1 N–H and O–H groups in total. The zero-order chi connectivity index (χ0) is 13.4. The molecular formula is C13H17F3N2. The number of piperazine rings is 1. The van der Waals surface area contributed by atoms with E-state index < -0.39 is 11.7 Å². The molecule has 1 aliphatic heterocycles. The summed E-state index contributed by atoms with van der Waals surface area (Å²) < 4.78 is 37.4. The number of benzene rings is 1. The number of nitrogens with zero attached hydrogens (tertiary/aromatic N) is 1. The molecule has 5 heteroatoms. The third-order valence-corrected chi connectivity index (χ3v) is 3.13. The van der Waals surface area contributed by atoms with Gasteiger partial charge in [-0.05, 0) is 38.1 Å². The monoisotopic (exact) mass is 258 g/mol. The van der Waals surface area contributed by atoms with Crippen LogP contribution in [-0.2, 0) is 6.18 Å². The van der Waals surface area contributed by atoms with E-state index in [0.29, 0.717) is 0 Å². The number of nitrogens with one attached hydrogen (secondary N) is 1.